The summed E-state index contributed by atoms with van der Waals surface area (Å²) < 4.78 is 43.9. The molecule has 2 heterocycles. The molecule has 0 unspecified atom stereocenters. The van der Waals surface area contributed by atoms with E-state index in [0.29, 0.717) is 18.7 Å². The summed E-state index contributed by atoms with van der Waals surface area (Å²) in [7, 11) is -3.33. The summed E-state index contributed by atoms with van der Waals surface area (Å²) >= 11 is 1.41. The van der Waals surface area contributed by atoms with Crippen molar-refractivity contribution >= 4 is 42.5 Å². The zero-order valence-corrected chi connectivity index (χ0v) is 18.2. The van der Waals surface area contributed by atoms with Gasteiger partial charge < -0.3 is 9.64 Å². The van der Waals surface area contributed by atoms with Crippen molar-refractivity contribution in [2.45, 2.75) is 36.5 Å². The molecule has 0 saturated carbocycles. The summed E-state index contributed by atoms with van der Waals surface area (Å²) in [6.07, 6.45) is -0.138. The van der Waals surface area contributed by atoms with Crippen LogP contribution in [0.3, 0.4) is 0 Å². The summed E-state index contributed by atoms with van der Waals surface area (Å²) in [5.74, 6) is -0.645. The molecular weight excluding hydrogens is 427 g/mol. The molecular formula is C21H21FN2O4S2. The lowest BCUT2D eigenvalue weighted by Crippen LogP contribution is -2.53. The van der Waals surface area contributed by atoms with Crippen LogP contribution in [0.15, 0.2) is 47.4 Å². The Balaban J connectivity index is 1.30. The molecule has 2 aromatic carbocycles. The summed E-state index contributed by atoms with van der Waals surface area (Å²) in [6.45, 7) is 4.35. The fourth-order valence-corrected chi connectivity index (χ4v) is 5.22. The highest BCUT2D eigenvalue weighted by Crippen LogP contribution is 2.32. The molecule has 0 radical (unpaired) electrons. The van der Waals surface area contributed by atoms with Gasteiger partial charge in [0.05, 0.1) is 39.9 Å². The maximum atomic E-state index is 13.3. The van der Waals surface area contributed by atoms with Crippen molar-refractivity contribution < 1.29 is 22.3 Å². The quantitative estimate of drug-likeness (QED) is 0.537. The SMILES string of the molecule is CC(C)S(=O)(=O)c1ccc(CC(=O)OC2CN(c3nc4ccc(F)cc4s3)C2)cc1. The molecule has 4 rings (SSSR count). The Hall–Kier alpha value is -2.52. The lowest BCUT2D eigenvalue weighted by atomic mass is 10.1. The van der Waals surface area contributed by atoms with Crippen LogP contribution in [0.1, 0.15) is 19.4 Å². The van der Waals surface area contributed by atoms with E-state index in [-0.39, 0.29) is 29.2 Å². The highest BCUT2D eigenvalue weighted by Gasteiger charge is 2.32. The topological polar surface area (TPSA) is 76.6 Å². The van der Waals surface area contributed by atoms with Gasteiger partial charge in [0.1, 0.15) is 11.9 Å². The highest BCUT2D eigenvalue weighted by molar-refractivity contribution is 7.92. The van der Waals surface area contributed by atoms with E-state index in [1.165, 1.54) is 35.6 Å². The number of halogens is 1. The fraction of sp³-hybridized carbons (Fsp3) is 0.333. The Morgan fingerprint density at radius 3 is 2.60 bits per heavy atom. The van der Waals surface area contributed by atoms with E-state index in [1.54, 1.807) is 32.0 Å². The molecule has 6 nitrogen and oxygen atoms in total. The Morgan fingerprint density at radius 1 is 1.23 bits per heavy atom. The number of aromatic nitrogens is 1. The van der Waals surface area contributed by atoms with Crippen LogP contribution in [0, 0.1) is 5.82 Å². The van der Waals surface area contributed by atoms with Gasteiger partial charge >= 0.3 is 5.97 Å². The van der Waals surface area contributed by atoms with Crippen molar-refractivity contribution in [1.82, 2.24) is 4.98 Å². The van der Waals surface area contributed by atoms with Crippen LogP contribution in [0.4, 0.5) is 9.52 Å². The third-order valence-corrected chi connectivity index (χ3v) is 8.23. The van der Waals surface area contributed by atoms with Crippen LogP contribution >= 0.6 is 11.3 Å². The second-order valence-electron chi connectivity index (χ2n) is 7.54. The van der Waals surface area contributed by atoms with Gasteiger partial charge in [-0.2, -0.15) is 0 Å². The van der Waals surface area contributed by atoms with Crippen LogP contribution in [-0.2, 0) is 25.8 Å². The van der Waals surface area contributed by atoms with Gasteiger partial charge in [-0.05, 0) is 49.7 Å². The standard InChI is InChI=1S/C21H21FN2O4S2/c1-13(2)30(26,27)17-6-3-14(4-7-17)9-20(25)28-16-11-24(12-16)21-23-18-8-5-15(22)10-19(18)29-21/h3-8,10,13,16H,9,11-12H2,1-2H3. The Bertz CT molecular complexity index is 1180. The Kier molecular flexibility index (Phi) is 5.50. The molecule has 0 aliphatic carbocycles. The number of carbonyl (C=O) groups is 1. The minimum atomic E-state index is -3.33. The van der Waals surface area contributed by atoms with Crippen molar-refractivity contribution in [2.24, 2.45) is 0 Å². The molecule has 1 aliphatic rings. The van der Waals surface area contributed by atoms with Gasteiger partial charge in [-0.1, -0.05) is 23.5 Å². The lowest BCUT2D eigenvalue weighted by Gasteiger charge is -2.38. The van der Waals surface area contributed by atoms with Crippen LogP contribution in [0.5, 0.6) is 0 Å². The normalized spacial score (nSPS) is 14.9. The van der Waals surface area contributed by atoms with Crippen molar-refractivity contribution in [3.05, 3.63) is 53.8 Å². The lowest BCUT2D eigenvalue weighted by molar-refractivity contribution is -0.149. The largest absolute Gasteiger partial charge is 0.458 e. The number of benzene rings is 2. The van der Waals surface area contributed by atoms with Gasteiger partial charge in [0.25, 0.3) is 0 Å². The average molecular weight is 449 g/mol. The molecule has 0 N–H and O–H groups in total. The molecule has 0 atom stereocenters. The minimum absolute atomic E-state index is 0.0823. The summed E-state index contributed by atoms with van der Waals surface area (Å²) in [5.41, 5.74) is 1.45. The minimum Gasteiger partial charge on any atom is -0.458 e. The molecule has 3 aromatic rings. The Morgan fingerprint density at radius 2 is 1.93 bits per heavy atom. The van der Waals surface area contributed by atoms with E-state index in [2.05, 4.69) is 4.98 Å². The van der Waals surface area contributed by atoms with Gasteiger partial charge in [0, 0.05) is 0 Å². The van der Waals surface area contributed by atoms with Crippen molar-refractivity contribution in [1.29, 1.82) is 0 Å². The molecule has 0 spiro atoms. The smallest absolute Gasteiger partial charge is 0.310 e. The van der Waals surface area contributed by atoms with E-state index >= 15 is 0 Å². The number of nitrogens with zero attached hydrogens (tertiary/aromatic N) is 2. The van der Waals surface area contributed by atoms with E-state index in [4.69, 9.17) is 4.74 Å². The summed E-state index contributed by atoms with van der Waals surface area (Å²) in [5, 5.41) is 0.286. The van der Waals surface area contributed by atoms with Crippen LogP contribution in [0.2, 0.25) is 0 Å². The number of thiazole rings is 1. The molecule has 1 aromatic heterocycles. The molecule has 1 saturated heterocycles. The first kappa shape index (κ1) is 20.7. The molecule has 0 amide bonds. The first-order chi connectivity index (χ1) is 14.2. The maximum absolute atomic E-state index is 13.3. The summed E-state index contributed by atoms with van der Waals surface area (Å²) in [6, 6.07) is 10.8. The van der Waals surface area contributed by atoms with E-state index in [9.17, 15) is 17.6 Å². The van der Waals surface area contributed by atoms with Crippen molar-refractivity contribution in [2.75, 3.05) is 18.0 Å². The average Bonchev–Trinajstić information content (AvgIpc) is 3.07. The number of ether oxygens (including phenoxy) is 1. The number of hydrogen-bond acceptors (Lipinski definition) is 7. The number of fused-ring (bicyclic) bond motifs is 1. The highest BCUT2D eigenvalue weighted by atomic mass is 32.2. The summed E-state index contributed by atoms with van der Waals surface area (Å²) in [4.78, 5) is 18.9. The van der Waals surface area contributed by atoms with E-state index in [0.717, 1.165) is 15.3 Å². The van der Waals surface area contributed by atoms with E-state index in [1.807, 2.05) is 4.90 Å². The number of sulfone groups is 1. The number of carbonyl (C=O) groups excluding carboxylic acids is 1. The number of esters is 1. The second kappa shape index (κ2) is 7.96. The first-order valence-electron chi connectivity index (χ1n) is 9.56. The van der Waals surface area contributed by atoms with Crippen molar-refractivity contribution in [3.8, 4) is 0 Å². The van der Waals surface area contributed by atoms with Crippen LogP contribution < -0.4 is 4.90 Å². The van der Waals surface area contributed by atoms with Gasteiger partial charge in [-0.15, -0.1) is 0 Å². The first-order valence-corrected chi connectivity index (χ1v) is 11.9. The third kappa shape index (κ3) is 4.17. The van der Waals surface area contributed by atoms with Gasteiger partial charge in [-0.3, -0.25) is 4.79 Å². The molecule has 30 heavy (non-hydrogen) atoms. The number of rotatable bonds is 6. The fourth-order valence-electron chi connectivity index (χ4n) is 3.15. The number of hydrogen-bond donors (Lipinski definition) is 0. The second-order valence-corrected chi connectivity index (χ2v) is 11.1. The van der Waals surface area contributed by atoms with Gasteiger partial charge in [-0.25, -0.2) is 17.8 Å². The zero-order valence-electron chi connectivity index (χ0n) is 16.5. The van der Waals surface area contributed by atoms with Gasteiger partial charge in [0.2, 0.25) is 0 Å². The predicted octanol–water partition coefficient (Wildman–Crippen LogP) is 3.59. The molecule has 1 fully saturated rings. The van der Waals surface area contributed by atoms with Crippen LogP contribution in [0.25, 0.3) is 10.2 Å². The third-order valence-electron chi connectivity index (χ3n) is 4.98. The maximum Gasteiger partial charge on any atom is 0.310 e. The van der Waals surface area contributed by atoms with E-state index < -0.39 is 15.1 Å². The molecule has 9 heteroatoms. The van der Waals surface area contributed by atoms with Crippen molar-refractivity contribution in [3.63, 3.8) is 0 Å². The molecule has 158 valence electrons. The monoisotopic (exact) mass is 448 g/mol. The Labute approximate surface area is 178 Å². The number of anilines is 1. The zero-order chi connectivity index (χ0) is 21.5. The molecule has 0 bridgehead atoms. The molecule has 1 aliphatic heterocycles. The predicted molar refractivity (Wildman–Crippen MR) is 114 cm³/mol. The van der Waals surface area contributed by atoms with Gasteiger partial charge in [0.15, 0.2) is 15.0 Å². The van der Waals surface area contributed by atoms with Crippen LogP contribution in [-0.4, -0.2) is 43.8 Å².